The molecule has 1 heterocycles. The number of amides is 1. The molecule has 0 spiro atoms. The number of para-hydroxylation sites is 1. The van der Waals surface area contributed by atoms with E-state index >= 15 is 0 Å². The molecule has 2 aliphatic rings. The van der Waals surface area contributed by atoms with Gasteiger partial charge < -0.3 is 20.3 Å². The Labute approximate surface area is 217 Å². The van der Waals surface area contributed by atoms with E-state index in [1.807, 2.05) is 55.4 Å². The number of hydrogen-bond acceptors (Lipinski definition) is 7. The first-order chi connectivity index (χ1) is 17.9. The highest BCUT2D eigenvalue weighted by atomic mass is 16.5. The molecule has 0 saturated heterocycles. The first-order valence-electron chi connectivity index (χ1n) is 13.1. The van der Waals surface area contributed by atoms with Gasteiger partial charge in [0.2, 0.25) is 11.9 Å². The molecule has 0 radical (unpaired) electrons. The molecule has 37 heavy (non-hydrogen) atoms. The fraction of sp³-hybridized carbons (Fsp3) is 0.448. The van der Waals surface area contributed by atoms with E-state index in [4.69, 9.17) is 14.7 Å². The number of ether oxygens (including phenoxy) is 1. The number of methoxy groups -OCH3 is 1. The molecule has 5 rings (SSSR count). The monoisotopic (exact) mass is 501 g/mol. The molecule has 2 aliphatic carbocycles. The molecule has 1 fully saturated rings. The van der Waals surface area contributed by atoms with E-state index in [0.29, 0.717) is 37.3 Å². The fourth-order valence-electron chi connectivity index (χ4n) is 5.60. The summed E-state index contributed by atoms with van der Waals surface area (Å²) >= 11 is 0. The average molecular weight is 502 g/mol. The zero-order valence-corrected chi connectivity index (χ0v) is 21.8. The third-order valence-corrected chi connectivity index (χ3v) is 7.64. The van der Waals surface area contributed by atoms with Crippen molar-refractivity contribution in [1.29, 1.82) is 0 Å². The van der Waals surface area contributed by atoms with Crippen LogP contribution in [0, 0.1) is 5.92 Å². The van der Waals surface area contributed by atoms with Gasteiger partial charge in [0.25, 0.3) is 0 Å². The van der Waals surface area contributed by atoms with Crippen molar-refractivity contribution in [3.05, 3.63) is 53.6 Å². The van der Waals surface area contributed by atoms with E-state index in [9.17, 15) is 9.59 Å². The number of anilines is 2. The standard InChI is InChI=1S/C29H35N5O3/c1-34(2)28-23-6-4-5-7-25(23)32-29(33-28)31-20-10-8-18(9-11-20)17-30-27(36)15-19-14-26(35)22-13-12-21(37-3)16-24(19)22/h4-7,12-13,16,18-20H,8-11,14-15,17H2,1-3H3,(H,30,36)(H,31,32,33)/t18-,19?,20+. The van der Waals surface area contributed by atoms with Crippen molar-refractivity contribution < 1.29 is 14.3 Å². The second kappa shape index (κ2) is 10.7. The van der Waals surface area contributed by atoms with Gasteiger partial charge in [0.15, 0.2) is 5.78 Å². The van der Waals surface area contributed by atoms with E-state index in [0.717, 1.165) is 59.3 Å². The van der Waals surface area contributed by atoms with Gasteiger partial charge in [-0.2, -0.15) is 4.98 Å². The van der Waals surface area contributed by atoms with Crippen LogP contribution in [0.3, 0.4) is 0 Å². The number of carbonyl (C=O) groups excluding carboxylic acids is 2. The molecule has 1 atom stereocenters. The van der Waals surface area contributed by atoms with Crippen molar-refractivity contribution in [3.8, 4) is 5.75 Å². The number of nitrogens with zero attached hydrogens (tertiary/aromatic N) is 3. The Kier molecular flexibility index (Phi) is 7.26. The molecule has 2 N–H and O–H groups in total. The smallest absolute Gasteiger partial charge is 0.225 e. The highest BCUT2D eigenvalue weighted by molar-refractivity contribution is 6.02. The number of fused-ring (bicyclic) bond motifs is 2. The highest BCUT2D eigenvalue weighted by Gasteiger charge is 2.31. The summed E-state index contributed by atoms with van der Waals surface area (Å²) in [6.07, 6.45) is 4.81. The summed E-state index contributed by atoms with van der Waals surface area (Å²) in [5, 5.41) is 7.72. The second-order valence-corrected chi connectivity index (χ2v) is 10.4. The van der Waals surface area contributed by atoms with Crippen LogP contribution in [-0.2, 0) is 4.79 Å². The zero-order chi connectivity index (χ0) is 25.9. The van der Waals surface area contributed by atoms with Gasteiger partial charge in [-0.15, -0.1) is 0 Å². The van der Waals surface area contributed by atoms with Crippen molar-refractivity contribution in [3.63, 3.8) is 0 Å². The van der Waals surface area contributed by atoms with Crippen LogP contribution < -0.4 is 20.3 Å². The van der Waals surface area contributed by atoms with Crippen LogP contribution in [-0.4, -0.2) is 55.5 Å². The molecule has 3 aromatic rings. The Morgan fingerprint density at radius 2 is 1.86 bits per heavy atom. The van der Waals surface area contributed by atoms with Gasteiger partial charge in [-0.3, -0.25) is 9.59 Å². The van der Waals surface area contributed by atoms with Crippen LogP contribution >= 0.6 is 0 Å². The largest absolute Gasteiger partial charge is 0.497 e. The van der Waals surface area contributed by atoms with Crippen molar-refractivity contribution in [2.24, 2.45) is 5.92 Å². The van der Waals surface area contributed by atoms with Gasteiger partial charge in [-0.25, -0.2) is 4.98 Å². The number of ketones is 1. The van der Waals surface area contributed by atoms with Crippen LogP contribution in [0.15, 0.2) is 42.5 Å². The van der Waals surface area contributed by atoms with Crippen molar-refractivity contribution in [1.82, 2.24) is 15.3 Å². The molecule has 2 aromatic carbocycles. The minimum Gasteiger partial charge on any atom is -0.497 e. The number of nitrogens with one attached hydrogen (secondary N) is 2. The summed E-state index contributed by atoms with van der Waals surface area (Å²) in [6, 6.07) is 13.9. The summed E-state index contributed by atoms with van der Waals surface area (Å²) in [5.41, 5.74) is 2.59. The quantitative estimate of drug-likeness (QED) is 0.467. The van der Waals surface area contributed by atoms with E-state index in [1.54, 1.807) is 13.2 Å². The number of carbonyl (C=O) groups is 2. The molecule has 0 aliphatic heterocycles. The first-order valence-corrected chi connectivity index (χ1v) is 13.1. The van der Waals surface area contributed by atoms with Crippen LogP contribution in [0.25, 0.3) is 10.9 Å². The second-order valence-electron chi connectivity index (χ2n) is 10.4. The molecular formula is C29H35N5O3. The Morgan fingerprint density at radius 3 is 2.62 bits per heavy atom. The lowest BCUT2D eigenvalue weighted by Crippen LogP contribution is -2.34. The topological polar surface area (TPSA) is 96.4 Å². The van der Waals surface area contributed by atoms with E-state index in [1.165, 1.54) is 0 Å². The van der Waals surface area contributed by atoms with Crippen molar-refractivity contribution >= 4 is 34.4 Å². The normalized spacial score (nSPS) is 20.9. The minimum atomic E-state index is -0.0773. The molecule has 8 nitrogen and oxygen atoms in total. The van der Waals surface area contributed by atoms with Crippen LogP contribution in [0.1, 0.15) is 60.4 Å². The third-order valence-electron chi connectivity index (χ3n) is 7.64. The number of aromatic nitrogens is 2. The lowest BCUT2D eigenvalue weighted by atomic mass is 9.86. The minimum absolute atomic E-state index is 0.00879. The summed E-state index contributed by atoms with van der Waals surface area (Å²) in [5.74, 6) is 2.79. The maximum absolute atomic E-state index is 12.7. The summed E-state index contributed by atoms with van der Waals surface area (Å²) in [6.45, 7) is 0.675. The predicted octanol–water partition coefficient (Wildman–Crippen LogP) is 4.55. The van der Waals surface area contributed by atoms with Crippen LogP contribution in [0.4, 0.5) is 11.8 Å². The number of Topliss-reactive ketones (excluding diaryl/α,β-unsaturated/α-hetero) is 1. The summed E-state index contributed by atoms with van der Waals surface area (Å²) in [4.78, 5) is 36.6. The average Bonchev–Trinajstić information content (AvgIpc) is 3.21. The van der Waals surface area contributed by atoms with Gasteiger partial charge >= 0.3 is 0 Å². The van der Waals surface area contributed by atoms with Crippen LogP contribution in [0.5, 0.6) is 5.75 Å². The Bertz CT molecular complexity index is 1300. The lowest BCUT2D eigenvalue weighted by Gasteiger charge is -2.29. The third kappa shape index (κ3) is 5.53. The number of hydrogen-bond donors (Lipinski definition) is 2. The molecule has 1 saturated carbocycles. The zero-order valence-electron chi connectivity index (χ0n) is 21.8. The molecule has 1 amide bonds. The summed E-state index contributed by atoms with van der Waals surface area (Å²) < 4.78 is 5.31. The van der Waals surface area contributed by atoms with Gasteiger partial charge in [0.05, 0.1) is 12.6 Å². The number of benzene rings is 2. The molecular weight excluding hydrogens is 466 g/mol. The Morgan fingerprint density at radius 1 is 1.08 bits per heavy atom. The number of rotatable bonds is 8. The highest BCUT2D eigenvalue weighted by Crippen LogP contribution is 2.37. The van der Waals surface area contributed by atoms with Crippen molar-refractivity contribution in [2.45, 2.75) is 50.5 Å². The maximum atomic E-state index is 12.7. The maximum Gasteiger partial charge on any atom is 0.225 e. The SMILES string of the molecule is COc1ccc2c(c1)C(CC(=O)NC[C@H]1CC[C@@H](Nc3nc(N(C)C)c4ccccc4n3)CC1)CC2=O. The molecule has 1 unspecified atom stereocenters. The van der Waals surface area contributed by atoms with Crippen molar-refractivity contribution in [2.75, 3.05) is 38.0 Å². The van der Waals surface area contributed by atoms with Gasteiger partial charge in [0, 0.05) is 56.4 Å². The molecule has 194 valence electrons. The van der Waals surface area contributed by atoms with Gasteiger partial charge in [-0.1, -0.05) is 12.1 Å². The Hall–Kier alpha value is -3.68. The molecule has 1 aromatic heterocycles. The van der Waals surface area contributed by atoms with E-state index in [-0.39, 0.29) is 17.6 Å². The lowest BCUT2D eigenvalue weighted by molar-refractivity contribution is -0.121. The summed E-state index contributed by atoms with van der Waals surface area (Å²) in [7, 11) is 5.61. The van der Waals surface area contributed by atoms with Gasteiger partial charge in [-0.05, 0) is 67.5 Å². The van der Waals surface area contributed by atoms with E-state index < -0.39 is 0 Å². The first kappa shape index (κ1) is 25.0. The fourth-order valence-corrected chi connectivity index (χ4v) is 5.60. The molecule has 0 bridgehead atoms. The predicted molar refractivity (Wildman–Crippen MR) is 146 cm³/mol. The van der Waals surface area contributed by atoms with Gasteiger partial charge in [0.1, 0.15) is 11.6 Å². The molecule has 8 heteroatoms. The van der Waals surface area contributed by atoms with E-state index in [2.05, 4.69) is 10.6 Å². The Balaban J connectivity index is 1.11. The van der Waals surface area contributed by atoms with Crippen LogP contribution in [0.2, 0.25) is 0 Å².